The fourth-order valence-corrected chi connectivity index (χ4v) is 4.56. The number of hydrogen-bond donors (Lipinski definition) is 1. The first-order valence-corrected chi connectivity index (χ1v) is 9.93. The first-order valence-electron chi connectivity index (χ1n) is 9.93. The molecule has 0 unspecified atom stereocenters. The number of piperazine rings is 1. The zero-order valence-electron chi connectivity index (χ0n) is 16.5. The number of aryl methyl sites for hydroxylation is 2. The molecule has 0 amide bonds. The lowest BCUT2D eigenvalue weighted by molar-refractivity contribution is -0.385. The molecule has 2 aromatic carbocycles. The van der Waals surface area contributed by atoms with Gasteiger partial charge in [-0.25, -0.2) is 0 Å². The number of hydrogen-bond acceptors (Lipinski definition) is 5. The largest absolute Gasteiger partial charge is 0.391 e. The van der Waals surface area contributed by atoms with E-state index in [2.05, 4.69) is 41.8 Å². The van der Waals surface area contributed by atoms with Crippen molar-refractivity contribution < 1.29 is 10.0 Å². The Morgan fingerprint density at radius 3 is 2.46 bits per heavy atom. The predicted molar refractivity (Wildman–Crippen MR) is 110 cm³/mol. The van der Waals surface area contributed by atoms with E-state index >= 15 is 0 Å². The molecule has 2 atom stereocenters. The summed E-state index contributed by atoms with van der Waals surface area (Å²) in [7, 11) is 0. The number of non-ortho nitro benzene ring substituents is 1. The summed E-state index contributed by atoms with van der Waals surface area (Å²) in [5, 5.41) is 21.8. The van der Waals surface area contributed by atoms with E-state index in [1.165, 1.54) is 22.9 Å². The number of aliphatic hydroxyl groups is 1. The van der Waals surface area contributed by atoms with Gasteiger partial charge in [0.15, 0.2) is 0 Å². The van der Waals surface area contributed by atoms with Crippen molar-refractivity contribution in [2.75, 3.05) is 31.1 Å². The van der Waals surface area contributed by atoms with Crippen LogP contribution in [0.5, 0.6) is 0 Å². The van der Waals surface area contributed by atoms with Gasteiger partial charge < -0.3 is 10.0 Å². The first-order chi connectivity index (χ1) is 13.4. The highest BCUT2D eigenvalue weighted by Crippen LogP contribution is 2.30. The van der Waals surface area contributed by atoms with E-state index in [-0.39, 0.29) is 16.7 Å². The third-order valence-corrected chi connectivity index (χ3v) is 6.19. The molecule has 1 saturated heterocycles. The van der Waals surface area contributed by atoms with E-state index in [9.17, 15) is 15.2 Å². The molecular formula is C22H27N3O3. The van der Waals surface area contributed by atoms with E-state index < -0.39 is 6.10 Å². The summed E-state index contributed by atoms with van der Waals surface area (Å²) >= 11 is 0. The Labute approximate surface area is 165 Å². The van der Waals surface area contributed by atoms with Gasteiger partial charge in [0, 0.05) is 56.5 Å². The number of nitro groups is 1. The monoisotopic (exact) mass is 381 g/mol. The minimum absolute atomic E-state index is 0.0234. The van der Waals surface area contributed by atoms with Gasteiger partial charge >= 0.3 is 0 Å². The second-order valence-electron chi connectivity index (χ2n) is 8.07. The number of benzene rings is 2. The number of rotatable bonds is 3. The van der Waals surface area contributed by atoms with Crippen LogP contribution in [0.4, 0.5) is 11.4 Å². The van der Waals surface area contributed by atoms with Crippen molar-refractivity contribution in [1.29, 1.82) is 0 Å². The van der Waals surface area contributed by atoms with Crippen LogP contribution in [-0.4, -0.2) is 53.3 Å². The number of aliphatic hydroxyl groups excluding tert-OH is 1. The van der Waals surface area contributed by atoms with Gasteiger partial charge in [-0.15, -0.1) is 0 Å². The predicted octanol–water partition coefficient (Wildman–Crippen LogP) is 2.86. The molecule has 2 aliphatic rings. The smallest absolute Gasteiger partial charge is 0.269 e. The fraction of sp³-hybridized carbons (Fsp3) is 0.455. The molecular weight excluding hydrogens is 354 g/mol. The lowest BCUT2D eigenvalue weighted by atomic mass is 9.85. The topological polar surface area (TPSA) is 69.9 Å². The molecule has 0 bridgehead atoms. The third-order valence-electron chi connectivity index (χ3n) is 6.19. The van der Waals surface area contributed by atoms with Crippen LogP contribution < -0.4 is 4.90 Å². The molecule has 1 N–H and O–H groups in total. The third kappa shape index (κ3) is 3.62. The summed E-state index contributed by atoms with van der Waals surface area (Å²) in [5.41, 5.74) is 6.02. The Morgan fingerprint density at radius 2 is 1.75 bits per heavy atom. The SMILES string of the molecule is Cc1ccc(C)c(N2CCN([C@H]3Cc4cc([N+](=O)[O-])ccc4C[C@@H]3O)CC2)c1. The quantitative estimate of drug-likeness (QED) is 0.654. The maximum atomic E-state index is 11.1. The van der Waals surface area contributed by atoms with Crippen LogP contribution in [0.3, 0.4) is 0 Å². The van der Waals surface area contributed by atoms with Gasteiger partial charge in [0.25, 0.3) is 5.69 Å². The van der Waals surface area contributed by atoms with Crippen LogP contribution >= 0.6 is 0 Å². The van der Waals surface area contributed by atoms with Gasteiger partial charge in [-0.1, -0.05) is 18.2 Å². The molecule has 148 valence electrons. The van der Waals surface area contributed by atoms with Crippen molar-refractivity contribution in [3.63, 3.8) is 0 Å². The highest BCUT2D eigenvalue weighted by molar-refractivity contribution is 5.55. The molecule has 0 aromatic heterocycles. The molecule has 1 heterocycles. The molecule has 1 fully saturated rings. The first kappa shape index (κ1) is 18.9. The molecule has 28 heavy (non-hydrogen) atoms. The lowest BCUT2D eigenvalue weighted by Gasteiger charge is -2.44. The summed E-state index contributed by atoms with van der Waals surface area (Å²) < 4.78 is 0. The Hall–Kier alpha value is -2.44. The summed E-state index contributed by atoms with van der Waals surface area (Å²) in [6.45, 7) is 7.90. The maximum absolute atomic E-state index is 11.1. The lowest BCUT2D eigenvalue weighted by Crippen LogP contribution is -2.56. The molecule has 6 heteroatoms. The molecule has 1 aliphatic heterocycles. The van der Waals surface area contributed by atoms with Crippen LogP contribution in [0.1, 0.15) is 22.3 Å². The van der Waals surface area contributed by atoms with Crippen LogP contribution in [-0.2, 0) is 12.8 Å². The van der Waals surface area contributed by atoms with E-state index in [0.717, 1.165) is 37.3 Å². The average molecular weight is 381 g/mol. The molecule has 0 spiro atoms. The van der Waals surface area contributed by atoms with Gasteiger partial charge in [0.05, 0.1) is 11.0 Å². The normalized spacial score (nSPS) is 22.8. The molecule has 4 rings (SSSR count). The summed E-state index contributed by atoms with van der Waals surface area (Å²) in [6.07, 6.45) is 0.804. The average Bonchev–Trinajstić information content (AvgIpc) is 2.69. The van der Waals surface area contributed by atoms with Crippen LogP contribution in [0.2, 0.25) is 0 Å². The summed E-state index contributed by atoms with van der Waals surface area (Å²) in [6, 6.07) is 11.6. The standard InChI is InChI=1S/C22H27N3O3/c1-15-3-4-16(2)20(11-15)23-7-9-24(10-8-23)21-13-18-12-19(25(27)28)6-5-17(18)14-22(21)26/h3-6,11-12,21-22,26H,7-10,13-14H2,1-2H3/t21-,22-/m0/s1. The molecule has 2 aromatic rings. The van der Waals surface area contributed by atoms with Crippen LogP contribution in [0.15, 0.2) is 36.4 Å². The molecule has 0 radical (unpaired) electrons. The van der Waals surface area contributed by atoms with Gasteiger partial charge in [-0.05, 0) is 48.6 Å². The van der Waals surface area contributed by atoms with Crippen LogP contribution in [0, 0.1) is 24.0 Å². The van der Waals surface area contributed by atoms with E-state index in [4.69, 9.17) is 0 Å². The zero-order valence-corrected chi connectivity index (χ0v) is 16.5. The Bertz CT molecular complexity index is 891. The highest BCUT2D eigenvalue weighted by atomic mass is 16.6. The molecule has 6 nitrogen and oxygen atoms in total. The van der Waals surface area contributed by atoms with Crippen molar-refractivity contribution in [3.8, 4) is 0 Å². The number of fused-ring (bicyclic) bond motifs is 1. The van der Waals surface area contributed by atoms with Crippen molar-refractivity contribution in [1.82, 2.24) is 4.90 Å². The van der Waals surface area contributed by atoms with Gasteiger partial charge in [-0.3, -0.25) is 15.0 Å². The van der Waals surface area contributed by atoms with Gasteiger partial charge in [-0.2, -0.15) is 0 Å². The van der Waals surface area contributed by atoms with Crippen molar-refractivity contribution in [2.45, 2.75) is 38.8 Å². The Balaban J connectivity index is 1.46. The Morgan fingerprint density at radius 1 is 1.00 bits per heavy atom. The number of anilines is 1. The zero-order chi connectivity index (χ0) is 19.8. The van der Waals surface area contributed by atoms with Crippen molar-refractivity contribution in [2.24, 2.45) is 0 Å². The summed E-state index contributed by atoms with van der Waals surface area (Å²) in [5.74, 6) is 0. The second kappa shape index (κ2) is 7.53. The van der Waals surface area contributed by atoms with E-state index in [0.29, 0.717) is 12.8 Å². The second-order valence-corrected chi connectivity index (χ2v) is 8.07. The van der Waals surface area contributed by atoms with Gasteiger partial charge in [0.1, 0.15) is 0 Å². The molecule has 1 aliphatic carbocycles. The van der Waals surface area contributed by atoms with Crippen molar-refractivity contribution >= 4 is 11.4 Å². The van der Waals surface area contributed by atoms with Crippen LogP contribution in [0.25, 0.3) is 0 Å². The summed E-state index contributed by atoms with van der Waals surface area (Å²) in [4.78, 5) is 15.5. The fourth-order valence-electron chi connectivity index (χ4n) is 4.56. The highest BCUT2D eigenvalue weighted by Gasteiger charge is 2.34. The van der Waals surface area contributed by atoms with E-state index in [1.54, 1.807) is 12.1 Å². The number of nitro benzene ring substituents is 1. The minimum Gasteiger partial charge on any atom is -0.391 e. The maximum Gasteiger partial charge on any atom is 0.269 e. The minimum atomic E-state index is -0.429. The Kier molecular flexibility index (Phi) is 5.08. The van der Waals surface area contributed by atoms with Gasteiger partial charge in [0.2, 0.25) is 0 Å². The number of nitrogens with zero attached hydrogens (tertiary/aromatic N) is 3. The van der Waals surface area contributed by atoms with Crippen molar-refractivity contribution in [3.05, 3.63) is 68.8 Å². The molecule has 0 saturated carbocycles. The van der Waals surface area contributed by atoms with E-state index in [1.807, 2.05) is 0 Å².